The van der Waals surface area contributed by atoms with Crippen LogP contribution in [-0.4, -0.2) is 12.8 Å². The molecule has 0 saturated heterocycles. The van der Waals surface area contributed by atoms with Crippen LogP contribution >= 0.6 is 17.0 Å². The molecular formula is C21H44BrNO. The van der Waals surface area contributed by atoms with E-state index < -0.39 is 0 Å². The molecule has 3 heteroatoms. The number of hydrogen-bond acceptors (Lipinski definition) is 2. The molecule has 0 heterocycles. The van der Waals surface area contributed by atoms with E-state index in [2.05, 4.69) is 26.0 Å². The SMILES string of the molecule is Br.CCCCCCCCC=CCCCCCCCCOC(N)CC. The summed E-state index contributed by atoms with van der Waals surface area (Å²) in [6.07, 6.45) is 24.5. The summed E-state index contributed by atoms with van der Waals surface area (Å²) >= 11 is 0. The summed E-state index contributed by atoms with van der Waals surface area (Å²) in [6, 6.07) is 0. The largest absolute Gasteiger partial charge is 0.364 e. The van der Waals surface area contributed by atoms with Crippen molar-refractivity contribution < 1.29 is 4.74 Å². The molecule has 0 aliphatic carbocycles. The van der Waals surface area contributed by atoms with Gasteiger partial charge in [-0.25, -0.2) is 0 Å². The second-order valence-corrected chi connectivity index (χ2v) is 6.76. The van der Waals surface area contributed by atoms with Crippen molar-refractivity contribution in [3.8, 4) is 0 Å². The van der Waals surface area contributed by atoms with E-state index in [0.29, 0.717) is 0 Å². The van der Waals surface area contributed by atoms with Gasteiger partial charge < -0.3 is 10.5 Å². The third kappa shape index (κ3) is 22.1. The van der Waals surface area contributed by atoms with Gasteiger partial charge in [-0.15, -0.1) is 17.0 Å². The van der Waals surface area contributed by atoms with E-state index in [1.165, 1.54) is 83.5 Å². The van der Waals surface area contributed by atoms with Crippen LogP contribution in [0.3, 0.4) is 0 Å². The van der Waals surface area contributed by atoms with Gasteiger partial charge in [0.05, 0.1) is 0 Å². The first-order chi connectivity index (χ1) is 11.3. The number of halogens is 1. The maximum atomic E-state index is 5.71. The molecule has 0 aromatic carbocycles. The summed E-state index contributed by atoms with van der Waals surface area (Å²) in [7, 11) is 0. The summed E-state index contributed by atoms with van der Waals surface area (Å²) < 4.78 is 5.48. The summed E-state index contributed by atoms with van der Waals surface area (Å²) in [5.41, 5.74) is 5.71. The summed E-state index contributed by atoms with van der Waals surface area (Å²) in [4.78, 5) is 0. The minimum absolute atomic E-state index is 0. The van der Waals surface area contributed by atoms with Crippen LogP contribution in [0, 0.1) is 0 Å². The summed E-state index contributed by atoms with van der Waals surface area (Å²) in [5.74, 6) is 0. The molecule has 0 aliphatic rings. The maximum absolute atomic E-state index is 5.71. The Morgan fingerprint density at radius 3 is 1.67 bits per heavy atom. The molecule has 0 aromatic heterocycles. The number of rotatable bonds is 18. The van der Waals surface area contributed by atoms with Gasteiger partial charge >= 0.3 is 0 Å². The van der Waals surface area contributed by atoms with Crippen LogP contribution in [-0.2, 0) is 4.74 Å². The molecule has 24 heavy (non-hydrogen) atoms. The minimum Gasteiger partial charge on any atom is -0.364 e. The lowest BCUT2D eigenvalue weighted by molar-refractivity contribution is 0.0526. The van der Waals surface area contributed by atoms with E-state index in [0.717, 1.165) is 19.4 Å². The highest BCUT2D eigenvalue weighted by atomic mass is 79.9. The lowest BCUT2D eigenvalue weighted by atomic mass is 10.1. The van der Waals surface area contributed by atoms with Crippen molar-refractivity contribution in [3.63, 3.8) is 0 Å². The molecule has 0 aliphatic heterocycles. The number of hydrogen-bond donors (Lipinski definition) is 1. The van der Waals surface area contributed by atoms with Crippen molar-refractivity contribution in [1.82, 2.24) is 0 Å². The Hall–Kier alpha value is 0.140. The average Bonchev–Trinajstić information content (AvgIpc) is 2.57. The van der Waals surface area contributed by atoms with Crippen LogP contribution in [0.4, 0.5) is 0 Å². The molecule has 0 amide bonds. The zero-order chi connectivity index (χ0) is 17.0. The van der Waals surface area contributed by atoms with E-state index in [1.807, 2.05) is 0 Å². The highest BCUT2D eigenvalue weighted by Crippen LogP contribution is 2.10. The van der Waals surface area contributed by atoms with Gasteiger partial charge in [0.15, 0.2) is 0 Å². The lowest BCUT2D eigenvalue weighted by Crippen LogP contribution is -2.22. The van der Waals surface area contributed by atoms with Gasteiger partial charge in [0.2, 0.25) is 0 Å². The van der Waals surface area contributed by atoms with Crippen molar-refractivity contribution in [2.24, 2.45) is 5.73 Å². The van der Waals surface area contributed by atoms with Crippen molar-refractivity contribution in [3.05, 3.63) is 12.2 Å². The van der Waals surface area contributed by atoms with Crippen LogP contribution in [0.2, 0.25) is 0 Å². The van der Waals surface area contributed by atoms with Gasteiger partial charge in [-0.2, -0.15) is 0 Å². The third-order valence-electron chi connectivity index (χ3n) is 4.39. The second kappa shape index (κ2) is 23.1. The Balaban J connectivity index is 0. The first-order valence-electron chi connectivity index (χ1n) is 10.3. The first kappa shape index (κ1) is 26.4. The van der Waals surface area contributed by atoms with E-state index in [9.17, 15) is 0 Å². The van der Waals surface area contributed by atoms with E-state index in [4.69, 9.17) is 10.5 Å². The second-order valence-electron chi connectivity index (χ2n) is 6.76. The fourth-order valence-electron chi connectivity index (χ4n) is 2.70. The van der Waals surface area contributed by atoms with Crippen molar-refractivity contribution in [2.75, 3.05) is 6.61 Å². The fourth-order valence-corrected chi connectivity index (χ4v) is 2.70. The van der Waals surface area contributed by atoms with Gasteiger partial charge in [-0.05, 0) is 38.5 Å². The van der Waals surface area contributed by atoms with Crippen LogP contribution in [0.15, 0.2) is 12.2 Å². The molecule has 1 unspecified atom stereocenters. The molecule has 0 rings (SSSR count). The van der Waals surface area contributed by atoms with Crippen LogP contribution in [0.5, 0.6) is 0 Å². The van der Waals surface area contributed by atoms with Crippen molar-refractivity contribution >= 4 is 17.0 Å². The molecule has 0 spiro atoms. The van der Waals surface area contributed by atoms with Gasteiger partial charge in [0, 0.05) is 6.61 Å². The molecule has 2 N–H and O–H groups in total. The maximum Gasteiger partial charge on any atom is 0.105 e. The molecule has 1 atom stereocenters. The van der Waals surface area contributed by atoms with E-state index in [1.54, 1.807) is 0 Å². The predicted molar refractivity (Wildman–Crippen MR) is 114 cm³/mol. The third-order valence-corrected chi connectivity index (χ3v) is 4.39. The van der Waals surface area contributed by atoms with E-state index in [-0.39, 0.29) is 23.2 Å². The van der Waals surface area contributed by atoms with Crippen LogP contribution in [0.1, 0.15) is 110 Å². The molecule has 146 valence electrons. The Bertz CT molecular complexity index is 246. The quantitative estimate of drug-likeness (QED) is 0.147. The summed E-state index contributed by atoms with van der Waals surface area (Å²) in [5, 5.41) is 0. The first-order valence-corrected chi connectivity index (χ1v) is 10.3. The Morgan fingerprint density at radius 2 is 1.17 bits per heavy atom. The van der Waals surface area contributed by atoms with Crippen molar-refractivity contribution in [2.45, 2.75) is 116 Å². The topological polar surface area (TPSA) is 35.2 Å². The lowest BCUT2D eigenvalue weighted by Gasteiger charge is -2.09. The molecule has 0 saturated carbocycles. The normalized spacial score (nSPS) is 12.5. The van der Waals surface area contributed by atoms with Gasteiger partial charge in [-0.3, -0.25) is 0 Å². The smallest absolute Gasteiger partial charge is 0.105 e. The van der Waals surface area contributed by atoms with Gasteiger partial charge in [-0.1, -0.05) is 83.8 Å². The monoisotopic (exact) mass is 405 g/mol. The Morgan fingerprint density at radius 1 is 0.708 bits per heavy atom. The number of ether oxygens (including phenoxy) is 1. The Labute approximate surface area is 162 Å². The standard InChI is InChI=1S/C21H43NO.BrH/c1-3-5-6-7-8-9-10-11-12-13-14-15-16-17-18-19-20-23-21(22)4-2;/h11-12,21H,3-10,13-20,22H2,1-2H3;1H. The molecular weight excluding hydrogens is 362 g/mol. The van der Waals surface area contributed by atoms with Gasteiger partial charge in [0.25, 0.3) is 0 Å². The zero-order valence-electron chi connectivity index (χ0n) is 16.4. The van der Waals surface area contributed by atoms with Crippen LogP contribution < -0.4 is 5.73 Å². The van der Waals surface area contributed by atoms with E-state index >= 15 is 0 Å². The van der Waals surface area contributed by atoms with Gasteiger partial charge in [0.1, 0.15) is 6.23 Å². The molecule has 0 aromatic rings. The molecule has 0 fully saturated rings. The average molecular weight is 406 g/mol. The fraction of sp³-hybridized carbons (Fsp3) is 0.905. The predicted octanol–water partition coefficient (Wildman–Crippen LogP) is 7.31. The molecule has 0 bridgehead atoms. The minimum atomic E-state index is -0.0573. The van der Waals surface area contributed by atoms with Crippen LogP contribution in [0.25, 0.3) is 0 Å². The molecule has 0 radical (unpaired) electrons. The highest BCUT2D eigenvalue weighted by Gasteiger charge is 1.97. The number of nitrogens with two attached hydrogens (primary N) is 1. The summed E-state index contributed by atoms with van der Waals surface area (Å²) in [6.45, 7) is 5.17. The molecule has 2 nitrogen and oxygen atoms in total. The highest BCUT2D eigenvalue weighted by molar-refractivity contribution is 8.93. The zero-order valence-corrected chi connectivity index (χ0v) is 18.2. The number of unbranched alkanes of at least 4 members (excludes halogenated alkanes) is 12. The van der Waals surface area contributed by atoms with Crippen molar-refractivity contribution in [1.29, 1.82) is 0 Å². The Kier molecular flexibility index (Phi) is 25.4. The number of allylic oxidation sites excluding steroid dienone is 2.